The number of benzene rings is 2. The number of aromatic nitrogens is 2. The molecule has 1 unspecified atom stereocenters. The maximum absolute atomic E-state index is 13.0. The van der Waals surface area contributed by atoms with Crippen LogP contribution < -0.4 is 14.8 Å². The van der Waals surface area contributed by atoms with E-state index in [1.165, 1.54) is 28.6 Å². The Morgan fingerprint density at radius 1 is 1.09 bits per heavy atom. The van der Waals surface area contributed by atoms with E-state index in [-0.39, 0.29) is 36.0 Å². The SMILES string of the molecule is O=C(Nc1nnc(-c2ccc3c(c2)OCO3)o1)C1CCCN(S(=O)(=O)c2ccc(Cl)cc2)C1. The highest BCUT2D eigenvalue weighted by Crippen LogP contribution is 2.35. The molecule has 2 aromatic carbocycles. The third kappa shape index (κ3) is 4.39. The summed E-state index contributed by atoms with van der Waals surface area (Å²) in [6, 6.07) is 11.1. The van der Waals surface area contributed by atoms with Crippen molar-refractivity contribution in [2.24, 2.45) is 5.92 Å². The molecule has 1 saturated heterocycles. The normalized spacial score (nSPS) is 18.3. The highest BCUT2D eigenvalue weighted by atomic mass is 35.5. The smallest absolute Gasteiger partial charge is 0.322 e. The monoisotopic (exact) mass is 490 g/mol. The Hall–Kier alpha value is -3.15. The summed E-state index contributed by atoms with van der Waals surface area (Å²) in [4.78, 5) is 12.9. The van der Waals surface area contributed by atoms with Crippen molar-refractivity contribution in [1.29, 1.82) is 0 Å². The fraction of sp³-hybridized carbons (Fsp3) is 0.286. The molecule has 3 aromatic rings. The molecule has 1 atom stereocenters. The van der Waals surface area contributed by atoms with E-state index in [9.17, 15) is 13.2 Å². The van der Waals surface area contributed by atoms with Crippen LogP contribution in [0.2, 0.25) is 5.02 Å². The molecule has 1 fully saturated rings. The number of hydrogen-bond acceptors (Lipinski definition) is 8. The van der Waals surface area contributed by atoms with Crippen molar-refractivity contribution < 1.29 is 27.1 Å². The van der Waals surface area contributed by atoms with Crippen LogP contribution in [0.5, 0.6) is 11.5 Å². The summed E-state index contributed by atoms with van der Waals surface area (Å²) in [7, 11) is -3.73. The van der Waals surface area contributed by atoms with Crippen molar-refractivity contribution in [1.82, 2.24) is 14.5 Å². The molecule has 1 amide bonds. The summed E-state index contributed by atoms with van der Waals surface area (Å²) in [6.07, 6.45) is 1.10. The van der Waals surface area contributed by atoms with Gasteiger partial charge in [0.05, 0.1) is 10.8 Å². The summed E-state index contributed by atoms with van der Waals surface area (Å²) in [5.41, 5.74) is 0.616. The topological polar surface area (TPSA) is 124 Å². The number of halogens is 1. The molecule has 0 radical (unpaired) electrons. The van der Waals surface area contributed by atoms with Crippen molar-refractivity contribution in [3.8, 4) is 23.0 Å². The molecule has 5 rings (SSSR count). The van der Waals surface area contributed by atoms with Crippen molar-refractivity contribution in [2.45, 2.75) is 17.7 Å². The average molecular weight is 491 g/mol. The second kappa shape index (κ2) is 8.65. The summed E-state index contributed by atoms with van der Waals surface area (Å²) in [6.45, 7) is 0.541. The number of sulfonamides is 1. The lowest BCUT2D eigenvalue weighted by molar-refractivity contribution is -0.121. The zero-order chi connectivity index (χ0) is 23.0. The van der Waals surface area contributed by atoms with Crippen molar-refractivity contribution in [2.75, 3.05) is 25.2 Å². The molecule has 2 aliphatic rings. The fourth-order valence-electron chi connectivity index (χ4n) is 3.76. The van der Waals surface area contributed by atoms with Gasteiger partial charge in [0.1, 0.15) is 0 Å². The van der Waals surface area contributed by atoms with E-state index in [2.05, 4.69) is 15.5 Å². The van der Waals surface area contributed by atoms with E-state index in [1.807, 2.05) is 0 Å². The first kappa shape index (κ1) is 21.7. The van der Waals surface area contributed by atoms with Crippen LogP contribution in [0.4, 0.5) is 6.01 Å². The van der Waals surface area contributed by atoms with Crippen molar-refractivity contribution >= 4 is 33.5 Å². The van der Waals surface area contributed by atoms with E-state index in [0.717, 1.165) is 0 Å². The molecule has 1 aromatic heterocycles. The first-order valence-corrected chi connectivity index (χ1v) is 12.0. The number of rotatable bonds is 5. The van der Waals surface area contributed by atoms with Crippen LogP contribution in [-0.2, 0) is 14.8 Å². The van der Waals surface area contributed by atoms with Gasteiger partial charge in [0.2, 0.25) is 28.6 Å². The lowest BCUT2D eigenvalue weighted by atomic mass is 9.99. The quantitative estimate of drug-likeness (QED) is 0.578. The summed E-state index contributed by atoms with van der Waals surface area (Å²) in [5.74, 6) is 0.468. The van der Waals surface area contributed by atoms with Crippen LogP contribution in [0.25, 0.3) is 11.5 Å². The number of anilines is 1. The van der Waals surface area contributed by atoms with Gasteiger partial charge in [-0.15, -0.1) is 5.10 Å². The second-order valence-electron chi connectivity index (χ2n) is 7.63. The zero-order valence-corrected chi connectivity index (χ0v) is 18.8. The Morgan fingerprint density at radius 3 is 2.70 bits per heavy atom. The predicted octanol–water partition coefficient (Wildman–Crippen LogP) is 3.16. The number of nitrogens with one attached hydrogen (secondary N) is 1. The van der Waals surface area contributed by atoms with Crippen LogP contribution in [0, 0.1) is 5.92 Å². The number of carbonyl (C=O) groups excluding carboxylic acids is 1. The van der Waals surface area contributed by atoms with Gasteiger partial charge < -0.3 is 13.9 Å². The lowest BCUT2D eigenvalue weighted by Gasteiger charge is -2.30. The van der Waals surface area contributed by atoms with Gasteiger partial charge in [-0.25, -0.2) is 8.42 Å². The Bertz CT molecular complexity index is 1290. The summed E-state index contributed by atoms with van der Waals surface area (Å²) in [5, 5.41) is 10.9. The van der Waals surface area contributed by atoms with E-state index in [0.29, 0.717) is 41.5 Å². The van der Waals surface area contributed by atoms with E-state index >= 15 is 0 Å². The number of fused-ring (bicyclic) bond motifs is 1. The molecule has 0 aliphatic carbocycles. The van der Waals surface area contributed by atoms with Gasteiger partial charge in [0.15, 0.2) is 11.5 Å². The molecular weight excluding hydrogens is 472 g/mol. The van der Waals surface area contributed by atoms with Gasteiger partial charge in [-0.3, -0.25) is 10.1 Å². The number of carbonyl (C=O) groups is 1. The average Bonchev–Trinajstić information content (AvgIpc) is 3.48. The second-order valence-corrected chi connectivity index (χ2v) is 10.0. The van der Waals surface area contributed by atoms with Gasteiger partial charge >= 0.3 is 6.01 Å². The van der Waals surface area contributed by atoms with Gasteiger partial charge in [-0.05, 0) is 55.3 Å². The standard InChI is InChI=1S/C21H19ClN4O6S/c22-15-4-6-16(7-5-15)33(28,29)26-9-1-2-14(11-26)19(27)23-21-25-24-20(32-21)13-3-8-17-18(10-13)31-12-30-17/h3-8,10,14H,1-2,9,11-12H2,(H,23,25,27). The van der Waals surface area contributed by atoms with Gasteiger partial charge in [0, 0.05) is 23.7 Å². The minimum atomic E-state index is -3.73. The zero-order valence-electron chi connectivity index (χ0n) is 17.2. The first-order valence-electron chi connectivity index (χ1n) is 10.2. The van der Waals surface area contributed by atoms with Crippen LogP contribution >= 0.6 is 11.6 Å². The van der Waals surface area contributed by atoms with Gasteiger partial charge in [0.25, 0.3) is 0 Å². The van der Waals surface area contributed by atoms with Gasteiger partial charge in [-0.1, -0.05) is 16.7 Å². The van der Waals surface area contributed by atoms with E-state index < -0.39 is 15.9 Å². The molecule has 3 heterocycles. The molecule has 0 saturated carbocycles. The lowest BCUT2D eigenvalue weighted by Crippen LogP contribution is -2.43. The van der Waals surface area contributed by atoms with Gasteiger partial charge in [-0.2, -0.15) is 4.31 Å². The first-order chi connectivity index (χ1) is 15.9. The molecule has 12 heteroatoms. The number of piperidine rings is 1. The molecule has 2 aliphatic heterocycles. The van der Waals surface area contributed by atoms with Crippen LogP contribution in [0.3, 0.4) is 0 Å². The summed E-state index contributed by atoms with van der Waals surface area (Å²) >= 11 is 5.86. The number of ether oxygens (including phenoxy) is 2. The molecule has 172 valence electrons. The number of nitrogens with zero attached hydrogens (tertiary/aromatic N) is 3. The third-order valence-corrected chi connectivity index (χ3v) is 7.61. The van der Waals surface area contributed by atoms with Crippen molar-refractivity contribution in [3.63, 3.8) is 0 Å². The third-order valence-electron chi connectivity index (χ3n) is 5.48. The van der Waals surface area contributed by atoms with E-state index in [4.69, 9.17) is 25.5 Å². The Labute approximate surface area is 194 Å². The molecule has 33 heavy (non-hydrogen) atoms. The number of hydrogen-bond donors (Lipinski definition) is 1. The highest BCUT2D eigenvalue weighted by Gasteiger charge is 2.34. The molecular formula is C21H19ClN4O6S. The largest absolute Gasteiger partial charge is 0.454 e. The minimum Gasteiger partial charge on any atom is -0.454 e. The Morgan fingerprint density at radius 2 is 1.88 bits per heavy atom. The minimum absolute atomic E-state index is 0.0555. The van der Waals surface area contributed by atoms with Crippen LogP contribution in [-0.4, -0.2) is 48.7 Å². The van der Waals surface area contributed by atoms with Crippen LogP contribution in [0.15, 0.2) is 51.8 Å². The van der Waals surface area contributed by atoms with Crippen molar-refractivity contribution in [3.05, 3.63) is 47.5 Å². The molecule has 0 spiro atoms. The van der Waals surface area contributed by atoms with E-state index in [1.54, 1.807) is 18.2 Å². The predicted molar refractivity (Wildman–Crippen MR) is 117 cm³/mol. The number of amides is 1. The maximum Gasteiger partial charge on any atom is 0.322 e. The molecule has 1 N–H and O–H groups in total. The Balaban J connectivity index is 1.26. The molecule has 0 bridgehead atoms. The fourth-order valence-corrected chi connectivity index (χ4v) is 5.41. The van der Waals surface area contributed by atoms with Crippen LogP contribution in [0.1, 0.15) is 12.8 Å². The maximum atomic E-state index is 13.0. The summed E-state index contributed by atoms with van der Waals surface area (Å²) < 4.78 is 43.4. The highest BCUT2D eigenvalue weighted by molar-refractivity contribution is 7.89. The molecule has 10 nitrogen and oxygen atoms in total. The Kier molecular flexibility index (Phi) is 5.69.